The highest BCUT2D eigenvalue weighted by Crippen LogP contribution is 2.18. The van der Waals surface area contributed by atoms with Gasteiger partial charge in [0.25, 0.3) is 0 Å². The van der Waals surface area contributed by atoms with Gasteiger partial charge in [0.05, 0.1) is 12.6 Å². The average Bonchev–Trinajstić information content (AvgIpc) is 3.01. The standard InChI is InChI=1S/C14H18N2OS2/c1-10-4-7-19-13(10)8-16(3)14(17)15-11(2)12-5-6-18-9-12/h4-7,9,11H,8H2,1-3H3,(H,15,17)/t11-/m0/s1. The van der Waals surface area contributed by atoms with Gasteiger partial charge >= 0.3 is 6.03 Å². The van der Waals surface area contributed by atoms with Gasteiger partial charge in [-0.2, -0.15) is 11.3 Å². The summed E-state index contributed by atoms with van der Waals surface area (Å²) in [4.78, 5) is 15.1. The van der Waals surface area contributed by atoms with E-state index in [0.717, 1.165) is 5.56 Å². The second kappa shape index (κ2) is 6.21. The topological polar surface area (TPSA) is 32.3 Å². The van der Waals surface area contributed by atoms with Crippen molar-refractivity contribution in [3.8, 4) is 0 Å². The van der Waals surface area contributed by atoms with Crippen LogP contribution < -0.4 is 5.32 Å². The number of carbonyl (C=O) groups excluding carboxylic acids is 1. The van der Waals surface area contributed by atoms with E-state index in [4.69, 9.17) is 0 Å². The second-order valence-corrected chi connectivity index (χ2v) is 6.39. The monoisotopic (exact) mass is 294 g/mol. The van der Waals surface area contributed by atoms with E-state index in [2.05, 4.69) is 29.1 Å². The zero-order valence-corrected chi connectivity index (χ0v) is 13.0. The molecule has 1 atom stereocenters. The van der Waals surface area contributed by atoms with E-state index >= 15 is 0 Å². The summed E-state index contributed by atoms with van der Waals surface area (Å²) in [6.45, 7) is 4.74. The Morgan fingerprint density at radius 1 is 1.42 bits per heavy atom. The van der Waals surface area contributed by atoms with Crippen LogP contribution in [0.4, 0.5) is 4.79 Å². The Bertz CT molecular complexity index is 533. The van der Waals surface area contributed by atoms with Crippen LogP contribution in [0.3, 0.4) is 0 Å². The van der Waals surface area contributed by atoms with Crippen molar-refractivity contribution in [2.75, 3.05) is 7.05 Å². The Morgan fingerprint density at radius 3 is 2.79 bits per heavy atom. The zero-order chi connectivity index (χ0) is 13.8. The number of hydrogen-bond acceptors (Lipinski definition) is 3. The molecular formula is C14H18N2OS2. The lowest BCUT2D eigenvalue weighted by Gasteiger charge is -2.21. The van der Waals surface area contributed by atoms with Crippen molar-refractivity contribution in [3.05, 3.63) is 44.3 Å². The van der Waals surface area contributed by atoms with Crippen molar-refractivity contribution in [1.29, 1.82) is 0 Å². The fourth-order valence-electron chi connectivity index (χ4n) is 1.75. The van der Waals surface area contributed by atoms with Gasteiger partial charge in [-0.3, -0.25) is 0 Å². The number of rotatable bonds is 4. The third-order valence-electron chi connectivity index (χ3n) is 3.08. The van der Waals surface area contributed by atoms with Gasteiger partial charge in [0.2, 0.25) is 0 Å². The third kappa shape index (κ3) is 3.58. The Balaban J connectivity index is 1.91. The van der Waals surface area contributed by atoms with Gasteiger partial charge in [-0.15, -0.1) is 11.3 Å². The van der Waals surface area contributed by atoms with Gasteiger partial charge in [0.15, 0.2) is 0 Å². The van der Waals surface area contributed by atoms with Crippen LogP contribution in [0.5, 0.6) is 0 Å². The maximum absolute atomic E-state index is 12.1. The first-order valence-electron chi connectivity index (χ1n) is 6.14. The molecule has 2 rings (SSSR count). The van der Waals surface area contributed by atoms with E-state index in [1.165, 1.54) is 10.4 Å². The van der Waals surface area contributed by atoms with Crippen molar-refractivity contribution in [3.63, 3.8) is 0 Å². The molecular weight excluding hydrogens is 276 g/mol. The molecule has 0 radical (unpaired) electrons. The Kier molecular flexibility index (Phi) is 4.61. The molecule has 2 amide bonds. The highest BCUT2D eigenvalue weighted by atomic mass is 32.1. The van der Waals surface area contributed by atoms with Gasteiger partial charge in [-0.25, -0.2) is 4.79 Å². The molecule has 2 aromatic rings. The second-order valence-electron chi connectivity index (χ2n) is 4.61. The Hall–Kier alpha value is -1.33. The van der Waals surface area contributed by atoms with E-state index in [1.807, 2.05) is 25.4 Å². The number of urea groups is 1. The minimum absolute atomic E-state index is 0.0356. The molecule has 0 aromatic carbocycles. The van der Waals surface area contributed by atoms with Crippen LogP contribution in [0.2, 0.25) is 0 Å². The molecule has 0 unspecified atom stereocenters. The van der Waals surface area contributed by atoms with Gasteiger partial charge in [0.1, 0.15) is 0 Å². The molecule has 19 heavy (non-hydrogen) atoms. The van der Waals surface area contributed by atoms with E-state index in [1.54, 1.807) is 27.6 Å². The van der Waals surface area contributed by atoms with E-state index < -0.39 is 0 Å². The molecule has 0 bridgehead atoms. The molecule has 0 fully saturated rings. The number of carbonyl (C=O) groups is 1. The van der Waals surface area contributed by atoms with E-state index in [0.29, 0.717) is 6.54 Å². The lowest BCUT2D eigenvalue weighted by Crippen LogP contribution is -2.38. The molecule has 102 valence electrons. The molecule has 0 spiro atoms. The quantitative estimate of drug-likeness (QED) is 0.907. The van der Waals surface area contributed by atoms with Crippen molar-refractivity contribution in [2.24, 2.45) is 0 Å². The van der Waals surface area contributed by atoms with Crippen LogP contribution in [0, 0.1) is 6.92 Å². The minimum Gasteiger partial charge on any atom is -0.331 e. The summed E-state index contributed by atoms with van der Waals surface area (Å²) in [5.74, 6) is 0. The fraction of sp³-hybridized carbons (Fsp3) is 0.357. The Labute approximate surface area is 121 Å². The number of amides is 2. The molecule has 3 nitrogen and oxygen atoms in total. The largest absolute Gasteiger partial charge is 0.331 e. The molecule has 0 saturated carbocycles. The summed E-state index contributed by atoms with van der Waals surface area (Å²) in [6, 6.07) is 4.14. The molecule has 0 aliphatic carbocycles. The lowest BCUT2D eigenvalue weighted by molar-refractivity contribution is 0.204. The zero-order valence-electron chi connectivity index (χ0n) is 11.3. The van der Waals surface area contributed by atoms with Gasteiger partial charge in [0, 0.05) is 11.9 Å². The van der Waals surface area contributed by atoms with Crippen molar-refractivity contribution >= 4 is 28.7 Å². The summed E-state index contributed by atoms with van der Waals surface area (Å²) in [5.41, 5.74) is 2.40. The predicted molar refractivity (Wildman–Crippen MR) is 81.8 cm³/mol. The Morgan fingerprint density at radius 2 is 2.21 bits per heavy atom. The summed E-state index contributed by atoms with van der Waals surface area (Å²) in [6.07, 6.45) is 0. The number of aryl methyl sites for hydroxylation is 1. The number of hydrogen-bond donors (Lipinski definition) is 1. The molecule has 0 aliphatic rings. The van der Waals surface area contributed by atoms with Gasteiger partial charge < -0.3 is 10.2 Å². The maximum Gasteiger partial charge on any atom is 0.317 e. The number of nitrogens with zero attached hydrogens (tertiary/aromatic N) is 1. The minimum atomic E-state index is -0.0356. The molecule has 2 aromatic heterocycles. The lowest BCUT2D eigenvalue weighted by atomic mass is 10.2. The van der Waals surface area contributed by atoms with E-state index in [9.17, 15) is 4.79 Å². The first-order valence-corrected chi connectivity index (χ1v) is 7.97. The summed E-state index contributed by atoms with van der Waals surface area (Å²) in [7, 11) is 1.83. The van der Waals surface area contributed by atoms with Crippen LogP contribution in [0.25, 0.3) is 0 Å². The van der Waals surface area contributed by atoms with Gasteiger partial charge in [-0.1, -0.05) is 0 Å². The third-order valence-corrected chi connectivity index (χ3v) is 4.79. The maximum atomic E-state index is 12.1. The average molecular weight is 294 g/mol. The smallest absolute Gasteiger partial charge is 0.317 e. The van der Waals surface area contributed by atoms with E-state index in [-0.39, 0.29) is 12.1 Å². The van der Waals surface area contributed by atoms with Crippen LogP contribution >= 0.6 is 22.7 Å². The number of thiophene rings is 2. The fourth-order valence-corrected chi connectivity index (χ4v) is 3.47. The molecule has 0 aliphatic heterocycles. The van der Waals surface area contributed by atoms with Crippen LogP contribution in [-0.4, -0.2) is 18.0 Å². The first-order chi connectivity index (χ1) is 9.08. The SMILES string of the molecule is Cc1ccsc1CN(C)C(=O)N[C@@H](C)c1ccsc1. The summed E-state index contributed by atoms with van der Waals surface area (Å²) >= 11 is 3.34. The van der Waals surface area contributed by atoms with Crippen molar-refractivity contribution < 1.29 is 4.79 Å². The highest BCUT2D eigenvalue weighted by molar-refractivity contribution is 7.10. The van der Waals surface area contributed by atoms with Crippen molar-refractivity contribution in [1.82, 2.24) is 10.2 Å². The highest BCUT2D eigenvalue weighted by Gasteiger charge is 2.14. The number of nitrogens with one attached hydrogen (secondary N) is 1. The van der Waals surface area contributed by atoms with Gasteiger partial charge in [-0.05, 0) is 53.2 Å². The van der Waals surface area contributed by atoms with Crippen molar-refractivity contribution in [2.45, 2.75) is 26.4 Å². The van der Waals surface area contributed by atoms with Crippen LogP contribution in [0.1, 0.15) is 29.0 Å². The molecule has 5 heteroatoms. The normalized spacial score (nSPS) is 12.2. The van der Waals surface area contributed by atoms with Crippen LogP contribution in [-0.2, 0) is 6.54 Å². The molecule has 1 N–H and O–H groups in total. The summed E-state index contributed by atoms with van der Waals surface area (Å²) in [5, 5.41) is 9.16. The van der Waals surface area contributed by atoms with Crippen LogP contribution in [0.15, 0.2) is 28.3 Å². The molecule has 0 saturated heterocycles. The first kappa shape index (κ1) is 14.1. The predicted octanol–water partition coefficient (Wildman–Crippen LogP) is 4.02. The summed E-state index contributed by atoms with van der Waals surface area (Å²) < 4.78 is 0. The molecule has 2 heterocycles.